The summed E-state index contributed by atoms with van der Waals surface area (Å²) >= 11 is 0. The lowest BCUT2D eigenvalue weighted by molar-refractivity contribution is 0.275. The fourth-order valence-corrected chi connectivity index (χ4v) is 1.93. The molecule has 0 atom stereocenters. The molecule has 0 aliphatic carbocycles. The lowest BCUT2D eigenvalue weighted by atomic mass is 10.2. The number of nitrogens with one attached hydrogen (secondary N) is 1. The second-order valence-electron chi connectivity index (χ2n) is 4.52. The monoisotopic (exact) mass is 289 g/mol. The van der Waals surface area contributed by atoms with E-state index in [9.17, 15) is 4.79 Å². The third kappa shape index (κ3) is 4.32. The molecule has 2 aromatic rings. The maximum atomic E-state index is 11.6. The van der Waals surface area contributed by atoms with Gasteiger partial charge in [0.15, 0.2) is 11.5 Å². The van der Waals surface area contributed by atoms with E-state index in [2.05, 4.69) is 9.97 Å². The minimum absolute atomic E-state index is 0.173. The average Bonchev–Trinajstić information content (AvgIpc) is 2.50. The van der Waals surface area contributed by atoms with Crippen LogP contribution in [-0.2, 0) is 13.0 Å². The molecule has 1 aromatic heterocycles. The summed E-state index contributed by atoms with van der Waals surface area (Å²) in [7, 11) is 1.58. The number of benzene rings is 1. The van der Waals surface area contributed by atoms with Gasteiger partial charge in [0.25, 0.3) is 5.56 Å². The predicted molar refractivity (Wildman–Crippen MR) is 79.6 cm³/mol. The van der Waals surface area contributed by atoms with Crippen LogP contribution < -0.4 is 20.8 Å². The number of methoxy groups -OCH3 is 1. The van der Waals surface area contributed by atoms with Crippen LogP contribution in [0.4, 0.5) is 0 Å². The van der Waals surface area contributed by atoms with Crippen LogP contribution in [0.2, 0.25) is 0 Å². The van der Waals surface area contributed by atoms with Crippen molar-refractivity contribution >= 4 is 0 Å². The lowest BCUT2D eigenvalue weighted by Crippen LogP contribution is -2.15. The Balaban J connectivity index is 2.09. The second kappa shape index (κ2) is 7.44. The van der Waals surface area contributed by atoms with Gasteiger partial charge in [0.1, 0.15) is 12.4 Å². The van der Waals surface area contributed by atoms with Gasteiger partial charge >= 0.3 is 0 Å². The highest BCUT2D eigenvalue weighted by Gasteiger charge is 2.06. The Morgan fingerprint density at radius 1 is 1.29 bits per heavy atom. The van der Waals surface area contributed by atoms with Crippen molar-refractivity contribution in [1.82, 2.24) is 9.97 Å². The summed E-state index contributed by atoms with van der Waals surface area (Å²) in [6.45, 7) is 0.744. The molecule has 3 N–H and O–H groups in total. The van der Waals surface area contributed by atoms with Crippen molar-refractivity contribution in [3.63, 3.8) is 0 Å². The van der Waals surface area contributed by atoms with Crippen molar-refractivity contribution in [3.8, 4) is 11.5 Å². The fraction of sp³-hybridized carbons (Fsp3) is 0.333. The third-order valence-electron chi connectivity index (χ3n) is 2.91. The summed E-state index contributed by atoms with van der Waals surface area (Å²) in [6, 6.07) is 8.81. The van der Waals surface area contributed by atoms with Gasteiger partial charge in [-0.25, -0.2) is 4.98 Å². The van der Waals surface area contributed by atoms with E-state index in [1.807, 2.05) is 18.2 Å². The smallest absolute Gasteiger partial charge is 0.251 e. The summed E-state index contributed by atoms with van der Waals surface area (Å²) in [4.78, 5) is 18.6. The van der Waals surface area contributed by atoms with Gasteiger partial charge in [-0.2, -0.15) is 0 Å². The van der Waals surface area contributed by atoms with Gasteiger partial charge in [-0.3, -0.25) is 4.79 Å². The first kappa shape index (κ1) is 15.1. The summed E-state index contributed by atoms with van der Waals surface area (Å²) in [6.07, 6.45) is 1.48. The van der Waals surface area contributed by atoms with Crippen LogP contribution in [0.25, 0.3) is 0 Å². The van der Waals surface area contributed by atoms with Gasteiger partial charge in [-0.1, -0.05) is 12.1 Å². The number of nitrogens with zero attached hydrogens (tertiary/aromatic N) is 1. The minimum Gasteiger partial charge on any atom is -0.493 e. The number of aromatic amines is 1. The quantitative estimate of drug-likeness (QED) is 0.800. The number of aromatic nitrogens is 2. The van der Waals surface area contributed by atoms with Crippen molar-refractivity contribution in [2.75, 3.05) is 13.7 Å². The highest BCUT2D eigenvalue weighted by molar-refractivity contribution is 5.39. The summed E-state index contributed by atoms with van der Waals surface area (Å²) in [5, 5.41) is 0. The maximum Gasteiger partial charge on any atom is 0.251 e. The van der Waals surface area contributed by atoms with Crippen LogP contribution in [-0.4, -0.2) is 23.6 Å². The molecule has 1 aromatic carbocycles. The Labute approximate surface area is 122 Å². The molecular formula is C15H19N3O3. The van der Waals surface area contributed by atoms with Crippen molar-refractivity contribution in [2.24, 2.45) is 5.73 Å². The molecule has 0 saturated carbocycles. The molecule has 0 fully saturated rings. The fourth-order valence-electron chi connectivity index (χ4n) is 1.93. The number of hydrogen-bond donors (Lipinski definition) is 2. The maximum absolute atomic E-state index is 11.6. The summed E-state index contributed by atoms with van der Waals surface area (Å²) in [5.41, 5.74) is 6.01. The number of nitrogens with two attached hydrogens (primary N) is 1. The van der Waals surface area contributed by atoms with E-state index in [-0.39, 0.29) is 12.2 Å². The Morgan fingerprint density at radius 2 is 2.05 bits per heavy atom. The number of H-pyrrole nitrogens is 1. The number of aryl methyl sites for hydroxylation is 1. The zero-order chi connectivity index (χ0) is 15.1. The van der Waals surface area contributed by atoms with Crippen LogP contribution in [0.15, 0.2) is 35.1 Å². The van der Waals surface area contributed by atoms with Gasteiger partial charge in [-0.05, 0) is 31.5 Å². The van der Waals surface area contributed by atoms with Gasteiger partial charge < -0.3 is 20.2 Å². The Hall–Kier alpha value is -2.34. The topological polar surface area (TPSA) is 90.2 Å². The molecule has 0 radical (unpaired) electrons. The molecule has 6 nitrogen and oxygen atoms in total. The van der Waals surface area contributed by atoms with Gasteiger partial charge in [0.2, 0.25) is 0 Å². The van der Waals surface area contributed by atoms with E-state index < -0.39 is 0 Å². The standard InChI is InChI=1S/C15H19N3O3/c1-20-12-6-2-3-7-13(12)21-10-14-17-11(5-4-8-16)9-15(19)18-14/h2-3,6-7,9H,4-5,8,10,16H2,1H3,(H,17,18,19). The molecule has 0 aliphatic rings. The number of rotatable bonds is 7. The largest absolute Gasteiger partial charge is 0.493 e. The van der Waals surface area contributed by atoms with E-state index in [0.717, 1.165) is 12.1 Å². The molecule has 112 valence electrons. The highest BCUT2D eigenvalue weighted by Crippen LogP contribution is 2.26. The van der Waals surface area contributed by atoms with E-state index in [4.69, 9.17) is 15.2 Å². The molecule has 21 heavy (non-hydrogen) atoms. The molecule has 0 saturated heterocycles. The predicted octanol–water partition coefficient (Wildman–Crippen LogP) is 1.25. The van der Waals surface area contributed by atoms with Crippen LogP contribution in [0, 0.1) is 0 Å². The molecular weight excluding hydrogens is 270 g/mol. The molecule has 0 spiro atoms. The normalized spacial score (nSPS) is 10.4. The number of hydrogen-bond acceptors (Lipinski definition) is 5. The Kier molecular flexibility index (Phi) is 5.34. The number of para-hydroxylation sites is 2. The van der Waals surface area contributed by atoms with Gasteiger partial charge in [-0.15, -0.1) is 0 Å². The molecule has 6 heteroatoms. The molecule has 0 amide bonds. The summed E-state index contributed by atoms with van der Waals surface area (Å²) in [5.74, 6) is 1.73. The Bertz CT molecular complexity index is 640. The molecule has 0 unspecified atom stereocenters. The van der Waals surface area contributed by atoms with Crippen molar-refractivity contribution in [3.05, 3.63) is 52.2 Å². The van der Waals surface area contributed by atoms with Crippen LogP contribution in [0.1, 0.15) is 17.9 Å². The van der Waals surface area contributed by atoms with Crippen molar-refractivity contribution in [1.29, 1.82) is 0 Å². The third-order valence-corrected chi connectivity index (χ3v) is 2.91. The zero-order valence-electron chi connectivity index (χ0n) is 12.0. The first-order valence-corrected chi connectivity index (χ1v) is 6.78. The zero-order valence-corrected chi connectivity index (χ0v) is 12.0. The summed E-state index contributed by atoms with van der Waals surface area (Å²) < 4.78 is 10.8. The molecule has 1 heterocycles. The first-order valence-electron chi connectivity index (χ1n) is 6.78. The van der Waals surface area contributed by atoms with E-state index in [1.165, 1.54) is 6.07 Å². The van der Waals surface area contributed by atoms with Crippen molar-refractivity contribution < 1.29 is 9.47 Å². The lowest BCUT2D eigenvalue weighted by Gasteiger charge is -2.10. The average molecular weight is 289 g/mol. The van der Waals surface area contributed by atoms with Gasteiger partial charge in [0.05, 0.1) is 7.11 Å². The first-order chi connectivity index (χ1) is 10.2. The van der Waals surface area contributed by atoms with Gasteiger partial charge in [0, 0.05) is 11.8 Å². The van der Waals surface area contributed by atoms with Crippen LogP contribution in [0.3, 0.4) is 0 Å². The van der Waals surface area contributed by atoms with Crippen LogP contribution >= 0.6 is 0 Å². The highest BCUT2D eigenvalue weighted by atomic mass is 16.5. The van der Waals surface area contributed by atoms with E-state index in [0.29, 0.717) is 30.3 Å². The SMILES string of the molecule is COc1ccccc1OCc1nc(CCCN)cc(=O)[nH]1. The van der Waals surface area contributed by atoms with E-state index in [1.54, 1.807) is 13.2 Å². The molecule has 0 aliphatic heterocycles. The van der Waals surface area contributed by atoms with Crippen molar-refractivity contribution in [2.45, 2.75) is 19.4 Å². The molecule has 0 bridgehead atoms. The number of ether oxygens (including phenoxy) is 2. The second-order valence-corrected chi connectivity index (χ2v) is 4.52. The minimum atomic E-state index is -0.185. The van der Waals surface area contributed by atoms with Crippen LogP contribution in [0.5, 0.6) is 11.5 Å². The molecule has 2 rings (SSSR count). The Morgan fingerprint density at radius 3 is 2.76 bits per heavy atom. The van der Waals surface area contributed by atoms with E-state index >= 15 is 0 Å².